The van der Waals surface area contributed by atoms with E-state index in [1.807, 2.05) is 0 Å². The first-order valence-electron chi connectivity index (χ1n) is 6.96. The highest BCUT2D eigenvalue weighted by molar-refractivity contribution is 7.90. The van der Waals surface area contributed by atoms with Gasteiger partial charge in [0, 0.05) is 18.2 Å². The van der Waals surface area contributed by atoms with Gasteiger partial charge < -0.3 is 10.4 Å². The maximum Gasteiger partial charge on any atom is 0.335 e. The molecule has 0 saturated heterocycles. The monoisotopic (exact) mass is 325 g/mol. The molecule has 0 spiro atoms. The number of hydrogen-bond donors (Lipinski definition) is 2. The summed E-state index contributed by atoms with van der Waals surface area (Å²) >= 11 is 0. The Labute approximate surface area is 129 Å². The van der Waals surface area contributed by atoms with E-state index in [-0.39, 0.29) is 29.1 Å². The lowest BCUT2D eigenvalue weighted by Gasteiger charge is -2.15. The van der Waals surface area contributed by atoms with E-state index < -0.39 is 15.8 Å². The molecule has 6 nitrogen and oxygen atoms in total. The van der Waals surface area contributed by atoms with Gasteiger partial charge in [0.2, 0.25) is 5.91 Å². The molecule has 1 aliphatic carbocycles. The SMILES string of the molecule is CS(=O)(=O)CC1(CNC(=O)Cc2cccc(C(=O)O)c2)CC1. The van der Waals surface area contributed by atoms with Crippen LogP contribution in [0.1, 0.15) is 28.8 Å². The van der Waals surface area contributed by atoms with Crippen molar-refractivity contribution in [1.29, 1.82) is 0 Å². The van der Waals surface area contributed by atoms with Gasteiger partial charge in [0.05, 0.1) is 17.7 Å². The van der Waals surface area contributed by atoms with Gasteiger partial charge in [-0.2, -0.15) is 0 Å². The molecule has 0 radical (unpaired) electrons. The lowest BCUT2D eigenvalue weighted by molar-refractivity contribution is -0.120. The van der Waals surface area contributed by atoms with Crippen molar-refractivity contribution in [2.75, 3.05) is 18.6 Å². The number of carboxylic acid groups (broad SMARTS) is 1. The van der Waals surface area contributed by atoms with E-state index in [0.717, 1.165) is 12.8 Å². The highest BCUT2D eigenvalue weighted by Gasteiger charge is 2.45. The maximum absolute atomic E-state index is 11.9. The minimum Gasteiger partial charge on any atom is -0.478 e. The molecule has 120 valence electrons. The molecule has 1 saturated carbocycles. The smallest absolute Gasteiger partial charge is 0.335 e. The fraction of sp³-hybridized carbons (Fsp3) is 0.467. The minimum absolute atomic E-state index is 0.0794. The summed E-state index contributed by atoms with van der Waals surface area (Å²) in [5.41, 5.74) is 0.443. The van der Waals surface area contributed by atoms with Gasteiger partial charge in [-0.15, -0.1) is 0 Å². The first-order valence-corrected chi connectivity index (χ1v) is 9.02. The molecule has 1 amide bonds. The third-order valence-corrected chi connectivity index (χ3v) is 4.86. The van der Waals surface area contributed by atoms with Crippen LogP contribution in [0.3, 0.4) is 0 Å². The topological polar surface area (TPSA) is 101 Å². The molecule has 0 heterocycles. The summed E-state index contributed by atoms with van der Waals surface area (Å²) < 4.78 is 22.7. The van der Waals surface area contributed by atoms with Crippen LogP contribution < -0.4 is 5.32 Å². The molecule has 1 fully saturated rings. The molecule has 22 heavy (non-hydrogen) atoms. The molecular weight excluding hydrogens is 306 g/mol. The number of carbonyl (C=O) groups excluding carboxylic acids is 1. The van der Waals surface area contributed by atoms with Gasteiger partial charge in [0.1, 0.15) is 9.84 Å². The van der Waals surface area contributed by atoms with Gasteiger partial charge in [-0.3, -0.25) is 4.79 Å². The lowest BCUT2D eigenvalue weighted by Crippen LogP contribution is -2.34. The van der Waals surface area contributed by atoms with Crippen LogP contribution in [0, 0.1) is 5.41 Å². The van der Waals surface area contributed by atoms with Crippen LogP contribution in [0.5, 0.6) is 0 Å². The van der Waals surface area contributed by atoms with E-state index in [2.05, 4.69) is 5.32 Å². The first kappa shape index (κ1) is 16.5. The Balaban J connectivity index is 1.89. The molecule has 1 aliphatic rings. The first-order chi connectivity index (χ1) is 10.2. The number of benzene rings is 1. The molecule has 0 aromatic heterocycles. The maximum atomic E-state index is 11.9. The van der Waals surface area contributed by atoms with E-state index in [1.165, 1.54) is 18.4 Å². The molecule has 0 atom stereocenters. The van der Waals surface area contributed by atoms with Crippen LogP contribution >= 0.6 is 0 Å². The van der Waals surface area contributed by atoms with Crippen molar-refractivity contribution in [3.8, 4) is 0 Å². The summed E-state index contributed by atoms with van der Waals surface area (Å²) in [6.07, 6.45) is 2.88. The number of hydrogen-bond acceptors (Lipinski definition) is 4. The largest absolute Gasteiger partial charge is 0.478 e. The van der Waals surface area contributed by atoms with Crippen LogP contribution in [0.2, 0.25) is 0 Å². The van der Waals surface area contributed by atoms with Crippen molar-refractivity contribution >= 4 is 21.7 Å². The summed E-state index contributed by atoms with van der Waals surface area (Å²) in [6, 6.07) is 6.22. The molecular formula is C15H19NO5S. The van der Waals surface area contributed by atoms with Crippen LogP contribution in [0.25, 0.3) is 0 Å². The summed E-state index contributed by atoms with van der Waals surface area (Å²) in [5, 5.41) is 11.7. The van der Waals surface area contributed by atoms with Gasteiger partial charge in [0.15, 0.2) is 0 Å². The average Bonchev–Trinajstić information content (AvgIpc) is 3.14. The van der Waals surface area contributed by atoms with Gasteiger partial charge in [-0.05, 0) is 30.5 Å². The third-order valence-electron chi connectivity index (χ3n) is 3.72. The number of carboxylic acids is 1. The second-order valence-corrected chi connectivity index (χ2v) is 8.17. The predicted molar refractivity (Wildman–Crippen MR) is 81.5 cm³/mol. The zero-order valence-electron chi connectivity index (χ0n) is 12.3. The third kappa shape index (κ3) is 4.84. The van der Waals surface area contributed by atoms with Gasteiger partial charge in [-0.25, -0.2) is 13.2 Å². The Bertz CT molecular complexity index is 692. The quantitative estimate of drug-likeness (QED) is 0.774. The van der Waals surface area contributed by atoms with E-state index in [0.29, 0.717) is 12.1 Å². The van der Waals surface area contributed by atoms with Crippen LogP contribution in [-0.4, -0.2) is 44.0 Å². The number of carbonyl (C=O) groups is 2. The Kier molecular flexibility index (Phi) is 4.55. The number of aromatic carboxylic acids is 1. The average molecular weight is 325 g/mol. The van der Waals surface area contributed by atoms with Gasteiger partial charge in [0.25, 0.3) is 0 Å². The Morgan fingerprint density at radius 2 is 2.00 bits per heavy atom. The second-order valence-electron chi connectivity index (χ2n) is 6.03. The van der Waals surface area contributed by atoms with E-state index in [1.54, 1.807) is 12.1 Å². The second kappa shape index (κ2) is 6.08. The van der Waals surface area contributed by atoms with Gasteiger partial charge >= 0.3 is 5.97 Å². The molecule has 2 N–H and O–H groups in total. The van der Waals surface area contributed by atoms with Crippen molar-refractivity contribution in [1.82, 2.24) is 5.32 Å². The van der Waals surface area contributed by atoms with Crippen LogP contribution in [0.4, 0.5) is 0 Å². The summed E-state index contributed by atoms with van der Waals surface area (Å²) in [4.78, 5) is 22.8. The van der Waals surface area contributed by atoms with Crippen LogP contribution in [-0.2, 0) is 21.1 Å². The van der Waals surface area contributed by atoms with Crippen molar-refractivity contribution in [3.05, 3.63) is 35.4 Å². The van der Waals surface area contributed by atoms with E-state index in [9.17, 15) is 18.0 Å². The molecule has 0 bridgehead atoms. The van der Waals surface area contributed by atoms with E-state index in [4.69, 9.17) is 5.11 Å². The number of sulfone groups is 1. The Morgan fingerprint density at radius 3 is 2.55 bits per heavy atom. The fourth-order valence-electron chi connectivity index (χ4n) is 2.45. The zero-order chi connectivity index (χ0) is 16.4. The van der Waals surface area contributed by atoms with Crippen molar-refractivity contribution < 1.29 is 23.1 Å². The van der Waals surface area contributed by atoms with Crippen molar-refractivity contribution in [2.45, 2.75) is 19.3 Å². The van der Waals surface area contributed by atoms with Crippen molar-refractivity contribution in [3.63, 3.8) is 0 Å². The normalized spacial score (nSPS) is 16.0. The van der Waals surface area contributed by atoms with Crippen molar-refractivity contribution in [2.24, 2.45) is 5.41 Å². The molecule has 0 unspecified atom stereocenters. The van der Waals surface area contributed by atoms with E-state index >= 15 is 0 Å². The molecule has 1 aromatic rings. The molecule has 7 heteroatoms. The fourth-order valence-corrected chi connectivity index (χ4v) is 3.96. The summed E-state index contributed by atoms with van der Waals surface area (Å²) in [7, 11) is -3.06. The minimum atomic E-state index is -3.06. The predicted octanol–water partition coefficient (Wildman–Crippen LogP) is 0.868. The number of amides is 1. The molecule has 1 aromatic carbocycles. The number of nitrogens with one attached hydrogen (secondary N) is 1. The zero-order valence-corrected chi connectivity index (χ0v) is 13.1. The Hall–Kier alpha value is -1.89. The lowest BCUT2D eigenvalue weighted by atomic mass is 10.1. The van der Waals surface area contributed by atoms with Crippen LogP contribution in [0.15, 0.2) is 24.3 Å². The Morgan fingerprint density at radius 1 is 1.32 bits per heavy atom. The molecule has 0 aliphatic heterocycles. The number of rotatable bonds is 7. The summed E-state index contributed by atoms with van der Waals surface area (Å²) in [6.45, 7) is 0.345. The molecule has 2 rings (SSSR count). The standard InChI is InChI=1S/C15H19NO5S/c1-22(20,21)10-15(5-6-15)9-16-13(17)8-11-3-2-4-12(7-11)14(18)19/h2-4,7H,5-6,8-10H2,1H3,(H,16,17)(H,18,19). The highest BCUT2D eigenvalue weighted by Crippen LogP contribution is 2.46. The summed E-state index contributed by atoms with van der Waals surface area (Å²) in [5.74, 6) is -1.18. The highest BCUT2D eigenvalue weighted by atomic mass is 32.2. The van der Waals surface area contributed by atoms with Gasteiger partial charge in [-0.1, -0.05) is 12.1 Å².